The topological polar surface area (TPSA) is 30.2 Å². The lowest BCUT2D eigenvalue weighted by Gasteiger charge is -1.99. The van der Waals surface area contributed by atoms with Crippen molar-refractivity contribution in [1.29, 1.82) is 0 Å². The first kappa shape index (κ1) is 7.76. The molecule has 4 heteroatoms. The van der Waals surface area contributed by atoms with Gasteiger partial charge in [-0.2, -0.15) is 5.10 Å². The van der Waals surface area contributed by atoms with Crippen LogP contribution in [0, 0.1) is 0 Å². The predicted molar refractivity (Wildman–Crippen MR) is 55.5 cm³/mol. The quantitative estimate of drug-likeness (QED) is 0.562. The number of aromatic nitrogens is 3. The van der Waals surface area contributed by atoms with Crippen LogP contribution < -0.4 is 0 Å². The fourth-order valence-corrected chi connectivity index (χ4v) is 1.73. The van der Waals surface area contributed by atoms with Crippen LogP contribution in [-0.2, 0) is 0 Å². The summed E-state index contributed by atoms with van der Waals surface area (Å²) in [7, 11) is 0. The number of hydrogen-bond acceptors (Lipinski definition) is 2. The van der Waals surface area contributed by atoms with E-state index in [4.69, 9.17) is 11.6 Å². The summed E-state index contributed by atoms with van der Waals surface area (Å²) in [4.78, 5) is 4.26. The molecule has 0 radical (unpaired) electrons. The molecule has 0 saturated carbocycles. The second-order valence-corrected chi connectivity index (χ2v) is 3.50. The van der Waals surface area contributed by atoms with Crippen LogP contribution in [0.15, 0.2) is 36.8 Å². The Morgan fingerprint density at radius 3 is 3.07 bits per heavy atom. The first-order valence-electron chi connectivity index (χ1n) is 4.22. The van der Waals surface area contributed by atoms with E-state index in [2.05, 4.69) is 10.1 Å². The minimum Gasteiger partial charge on any atom is -0.236 e. The van der Waals surface area contributed by atoms with Gasteiger partial charge in [-0.15, -0.1) is 0 Å². The highest BCUT2D eigenvalue weighted by atomic mass is 35.5. The maximum atomic E-state index is 5.88. The summed E-state index contributed by atoms with van der Waals surface area (Å²) in [6.45, 7) is 0. The maximum Gasteiger partial charge on any atom is 0.118 e. The molecule has 0 amide bonds. The van der Waals surface area contributed by atoms with Crippen molar-refractivity contribution in [1.82, 2.24) is 14.6 Å². The number of halogens is 1. The molecule has 14 heavy (non-hydrogen) atoms. The summed E-state index contributed by atoms with van der Waals surface area (Å²) in [6.07, 6.45) is 3.44. The summed E-state index contributed by atoms with van der Waals surface area (Å²) < 4.78 is 1.75. The largest absolute Gasteiger partial charge is 0.236 e. The molecule has 0 spiro atoms. The van der Waals surface area contributed by atoms with Gasteiger partial charge in [0.15, 0.2) is 0 Å². The number of nitrogens with zero attached hydrogens (tertiary/aromatic N) is 3. The second-order valence-electron chi connectivity index (χ2n) is 3.07. The van der Waals surface area contributed by atoms with E-state index in [0.29, 0.717) is 5.02 Å². The monoisotopic (exact) mass is 203 g/mol. The molecule has 0 aliphatic carbocycles. The predicted octanol–water partition coefficient (Wildman–Crippen LogP) is 2.54. The van der Waals surface area contributed by atoms with Crippen LogP contribution in [0.2, 0.25) is 5.02 Å². The first-order chi connectivity index (χ1) is 6.84. The number of benzene rings is 1. The molecule has 3 rings (SSSR count). The summed E-state index contributed by atoms with van der Waals surface area (Å²) >= 11 is 5.88. The van der Waals surface area contributed by atoms with Crippen molar-refractivity contribution in [3.8, 4) is 0 Å². The summed E-state index contributed by atoms with van der Waals surface area (Å²) in [5.74, 6) is 0. The van der Waals surface area contributed by atoms with Crippen molar-refractivity contribution < 1.29 is 0 Å². The van der Waals surface area contributed by atoms with Crippen LogP contribution in [0.4, 0.5) is 0 Å². The molecule has 0 fully saturated rings. The Morgan fingerprint density at radius 2 is 2.14 bits per heavy atom. The van der Waals surface area contributed by atoms with Gasteiger partial charge in [0.1, 0.15) is 6.33 Å². The van der Waals surface area contributed by atoms with Crippen LogP contribution in [0.1, 0.15) is 0 Å². The molecule has 2 heterocycles. The lowest BCUT2D eigenvalue weighted by atomic mass is 10.2. The van der Waals surface area contributed by atoms with Crippen LogP contribution in [0.3, 0.4) is 0 Å². The van der Waals surface area contributed by atoms with Gasteiger partial charge in [0.25, 0.3) is 0 Å². The third-order valence-electron chi connectivity index (χ3n) is 2.21. The van der Waals surface area contributed by atoms with Gasteiger partial charge >= 0.3 is 0 Å². The Bertz CT molecular complexity index is 615. The SMILES string of the molecule is Clc1ccc2c(c1)ncn1nccc21. The molecule has 3 aromatic rings. The van der Waals surface area contributed by atoms with Crippen molar-refractivity contribution in [2.24, 2.45) is 0 Å². The number of rotatable bonds is 0. The Labute approximate surface area is 84.9 Å². The molecule has 0 unspecified atom stereocenters. The fourth-order valence-electron chi connectivity index (χ4n) is 1.56. The smallest absolute Gasteiger partial charge is 0.118 e. The Morgan fingerprint density at radius 1 is 1.21 bits per heavy atom. The van der Waals surface area contributed by atoms with Gasteiger partial charge in [0.05, 0.1) is 17.2 Å². The average Bonchev–Trinajstić information content (AvgIpc) is 2.65. The number of fused-ring (bicyclic) bond motifs is 3. The second kappa shape index (κ2) is 2.69. The zero-order chi connectivity index (χ0) is 9.54. The van der Waals surface area contributed by atoms with Gasteiger partial charge in [-0.3, -0.25) is 0 Å². The van der Waals surface area contributed by atoms with E-state index in [0.717, 1.165) is 16.4 Å². The van der Waals surface area contributed by atoms with E-state index in [1.54, 1.807) is 17.0 Å². The molecule has 0 aliphatic heterocycles. The highest BCUT2D eigenvalue weighted by molar-refractivity contribution is 6.31. The van der Waals surface area contributed by atoms with E-state index < -0.39 is 0 Å². The molecular formula is C10H6ClN3. The average molecular weight is 204 g/mol. The zero-order valence-corrected chi connectivity index (χ0v) is 7.94. The van der Waals surface area contributed by atoms with Gasteiger partial charge in [-0.1, -0.05) is 11.6 Å². The van der Waals surface area contributed by atoms with Crippen LogP contribution >= 0.6 is 11.6 Å². The zero-order valence-electron chi connectivity index (χ0n) is 7.18. The van der Waals surface area contributed by atoms with Crippen molar-refractivity contribution in [3.05, 3.63) is 41.8 Å². The molecule has 0 N–H and O–H groups in total. The fraction of sp³-hybridized carbons (Fsp3) is 0. The Balaban J connectivity index is 2.57. The van der Waals surface area contributed by atoms with Crippen LogP contribution in [-0.4, -0.2) is 14.6 Å². The van der Waals surface area contributed by atoms with Gasteiger partial charge in [-0.25, -0.2) is 9.50 Å². The van der Waals surface area contributed by atoms with Crippen LogP contribution in [0.25, 0.3) is 16.4 Å². The van der Waals surface area contributed by atoms with E-state index in [-0.39, 0.29) is 0 Å². The first-order valence-corrected chi connectivity index (χ1v) is 4.60. The standard InChI is InChI=1S/C10H6ClN3/c11-7-1-2-8-9(5-7)12-6-14-10(8)3-4-13-14/h1-6H. The van der Waals surface area contributed by atoms with Gasteiger partial charge < -0.3 is 0 Å². The minimum atomic E-state index is 0.703. The van der Waals surface area contributed by atoms with Gasteiger partial charge in [0, 0.05) is 10.4 Å². The van der Waals surface area contributed by atoms with Crippen molar-refractivity contribution in [2.75, 3.05) is 0 Å². The third kappa shape index (κ3) is 0.992. The van der Waals surface area contributed by atoms with Crippen molar-refractivity contribution >= 4 is 28.0 Å². The molecule has 1 aromatic carbocycles. The van der Waals surface area contributed by atoms with Crippen LogP contribution in [0.5, 0.6) is 0 Å². The Kier molecular flexibility index (Phi) is 1.49. The van der Waals surface area contributed by atoms with Crippen molar-refractivity contribution in [3.63, 3.8) is 0 Å². The maximum absolute atomic E-state index is 5.88. The van der Waals surface area contributed by atoms with E-state index >= 15 is 0 Å². The number of hydrogen-bond donors (Lipinski definition) is 0. The highest BCUT2D eigenvalue weighted by Gasteiger charge is 2.01. The van der Waals surface area contributed by atoms with E-state index in [1.807, 2.05) is 24.3 Å². The summed E-state index contributed by atoms with van der Waals surface area (Å²) in [5.41, 5.74) is 1.94. The normalized spacial score (nSPS) is 11.2. The summed E-state index contributed by atoms with van der Waals surface area (Å²) in [6, 6.07) is 7.63. The highest BCUT2D eigenvalue weighted by Crippen LogP contribution is 2.20. The third-order valence-corrected chi connectivity index (χ3v) is 2.45. The Hall–Kier alpha value is -1.61. The minimum absolute atomic E-state index is 0.703. The summed E-state index contributed by atoms with van der Waals surface area (Å²) in [5, 5.41) is 5.88. The molecule has 68 valence electrons. The lowest BCUT2D eigenvalue weighted by molar-refractivity contribution is 0.934. The molecule has 0 saturated heterocycles. The van der Waals surface area contributed by atoms with Crippen molar-refractivity contribution in [2.45, 2.75) is 0 Å². The molecule has 0 aliphatic rings. The van der Waals surface area contributed by atoms with E-state index in [1.165, 1.54) is 0 Å². The van der Waals surface area contributed by atoms with Gasteiger partial charge in [-0.05, 0) is 24.3 Å². The molecule has 0 bridgehead atoms. The van der Waals surface area contributed by atoms with E-state index in [9.17, 15) is 0 Å². The molecule has 3 nitrogen and oxygen atoms in total. The molecule has 2 aromatic heterocycles. The molecular weight excluding hydrogens is 198 g/mol. The lowest BCUT2D eigenvalue weighted by Crippen LogP contribution is -1.89. The van der Waals surface area contributed by atoms with Gasteiger partial charge in [0.2, 0.25) is 0 Å². The molecule has 0 atom stereocenters.